The van der Waals surface area contributed by atoms with Crippen LogP contribution in [0.25, 0.3) is 0 Å². The molecular formula is C20H34O2. The molecule has 0 aliphatic heterocycles. The molecule has 0 heterocycles. The Balaban J connectivity index is 2.23. The predicted octanol–water partition coefficient (Wildman–Crippen LogP) is 4.48. The summed E-state index contributed by atoms with van der Waals surface area (Å²) in [5.41, 5.74) is 3.23. The molecule has 0 bridgehead atoms. The van der Waals surface area contributed by atoms with Gasteiger partial charge in [0.1, 0.15) is 0 Å². The molecule has 2 aliphatic carbocycles. The molecule has 22 heavy (non-hydrogen) atoms. The molecule has 2 heteroatoms. The van der Waals surface area contributed by atoms with Crippen LogP contribution in [-0.2, 0) is 0 Å². The van der Waals surface area contributed by atoms with Crippen LogP contribution in [0, 0.1) is 22.7 Å². The molecule has 2 nitrogen and oxygen atoms in total. The topological polar surface area (TPSA) is 40.5 Å². The number of fused-ring (bicyclic) bond motifs is 1. The van der Waals surface area contributed by atoms with Gasteiger partial charge in [0.15, 0.2) is 0 Å². The molecule has 1 saturated carbocycles. The van der Waals surface area contributed by atoms with Gasteiger partial charge in [-0.15, -0.1) is 0 Å². The van der Waals surface area contributed by atoms with Gasteiger partial charge in [0.2, 0.25) is 0 Å². The number of allylic oxidation sites excluding steroid dienone is 3. The van der Waals surface area contributed by atoms with Crippen molar-refractivity contribution in [3.05, 3.63) is 23.3 Å². The van der Waals surface area contributed by atoms with Crippen LogP contribution < -0.4 is 0 Å². The summed E-state index contributed by atoms with van der Waals surface area (Å²) in [6.07, 6.45) is 11.4. The first-order chi connectivity index (χ1) is 10.4. The van der Waals surface area contributed by atoms with Crippen LogP contribution in [0.4, 0.5) is 0 Å². The lowest BCUT2D eigenvalue weighted by molar-refractivity contribution is -0.0738. The van der Waals surface area contributed by atoms with E-state index in [0.717, 1.165) is 19.3 Å². The van der Waals surface area contributed by atoms with E-state index in [1.54, 1.807) is 0 Å². The summed E-state index contributed by atoms with van der Waals surface area (Å²) in [6, 6.07) is 0. The molecular weight excluding hydrogens is 272 g/mol. The summed E-state index contributed by atoms with van der Waals surface area (Å²) in [6.45, 7) is 9.64. The highest BCUT2D eigenvalue weighted by molar-refractivity contribution is 5.19. The quantitative estimate of drug-likeness (QED) is 0.735. The van der Waals surface area contributed by atoms with Gasteiger partial charge >= 0.3 is 0 Å². The Labute approximate surface area is 136 Å². The molecule has 0 unspecified atom stereocenters. The van der Waals surface area contributed by atoms with Crippen molar-refractivity contribution < 1.29 is 10.2 Å². The number of aliphatic hydroxyl groups excluding tert-OH is 2. The van der Waals surface area contributed by atoms with E-state index >= 15 is 0 Å². The number of hydrogen-bond acceptors (Lipinski definition) is 2. The van der Waals surface area contributed by atoms with Gasteiger partial charge in [0.25, 0.3) is 0 Å². The van der Waals surface area contributed by atoms with Crippen molar-refractivity contribution in [2.75, 3.05) is 13.2 Å². The minimum Gasteiger partial charge on any atom is -0.396 e. The van der Waals surface area contributed by atoms with Gasteiger partial charge in [-0.3, -0.25) is 0 Å². The molecule has 0 spiro atoms. The van der Waals surface area contributed by atoms with Crippen molar-refractivity contribution in [3.63, 3.8) is 0 Å². The van der Waals surface area contributed by atoms with Crippen LogP contribution in [0.15, 0.2) is 23.3 Å². The molecule has 2 rings (SSSR count). The molecule has 1 fully saturated rings. The molecule has 0 aromatic carbocycles. The Kier molecular flexibility index (Phi) is 5.55. The normalized spacial score (nSPS) is 39.4. The van der Waals surface area contributed by atoms with Crippen LogP contribution in [0.5, 0.6) is 0 Å². The maximum absolute atomic E-state index is 9.99. The second-order valence-corrected chi connectivity index (χ2v) is 8.23. The van der Waals surface area contributed by atoms with Gasteiger partial charge in [-0.05, 0) is 68.6 Å². The highest BCUT2D eigenvalue weighted by Crippen LogP contribution is 2.60. The first kappa shape index (κ1) is 17.7. The monoisotopic (exact) mass is 306 g/mol. The maximum Gasteiger partial charge on any atom is 0.0614 e. The first-order valence-electron chi connectivity index (χ1n) is 8.91. The summed E-state index contributed by atoms with van der Waals surface area (Å²) in [7, 11) is 0. The van der Waals surface area contributed by atoms with Gasteiger partial charge in [0, 0.05) is 6.61 Å². The zero-order valence-electron chi connectivity index (χ0n) is 14.9. The third kappa shape index (κ3) is 3.19. The Morgan fingerprint density at radius 1 is 1.32 bits per heavy atom. The molecule has 2 aliphatic rings. The average molecular weight is 306 g/mol. The fourth-order valence-corrected chi connectivity index (χ4v) is 5.33. The predicted molar refractivity (Wildman–Crippen MR) is 92.6 cm³/mol. The number of hydrogen-bond donors (Lipinski definition) is 2. The van der Waals surface area contributed by atoms with E-state index in [1.807, 2.05) is 6.08 Å². The third-order valence-corrected chi connectivity index (χ3v) is 6.75. The van der Waals surface area contributed by atoms with Crippen molar-refractivity contribution in [1.82, 2.24) is 0 Å². The molecule has 126 valence electrons. The lowest BCUT2D eigenvalue weighted by atomic mass is 9.48. The van der Waals surface area contributed by atoms with Gasteiger partial charge < -0.3 is 10.2 Å². The number of aliphatic hydroxyl groups is 2. The summed E-state index contributed by atoms with van der Waals surface area (Å²) < 4.78 is 0. The van der Waals surface area contributed by atoms with Crippen molar-refractivity contribution in [2.45, 2.75) is 66.2 Å². The molecule has 0 saturated heterocycles. The van der Waals surface area contributed by atoms with Gasteiger partial charge in [-0.1, -0.05) is 43.6 Å². The zero-order valence-corrected chi connectivity index (χ0v) is 14.9. The Hall–Kier alpha value is -0.600. The Morgan fingerprint density at radius 2 is 2.05 bits per heavy atom. The van der Waals surface area contributed by atoms with Crippen molar-refractivity contribution >= 4 is 0 Å². The second kappa shape index (κ2) is 6.88. The fourth-order valence-electron chi connectivity index (χ4n) is 5.33. The molecule has 0 aromatic rings. The van der Waals surface area contributed by atoms with Crippen molar-refractivity contribution in [1.29, 1.82) is 0 Å². The average Bonchev–Trinajstić information content (AvgIpc) is 2.46. The van der Waals surface area contributed by atoms with Gasteiger partial charge in [-0.2, -0.15) is 0 Å². The van der Waals surface area contributed by atoms with Crippen LogP contribution in [-0.4, -0.2) is 23.4 Å². The second-order valence-electron chi connectivity index (χ2n) is 8.23. The summed E-state index contributed by atoms with van der Waals surface area (Å²) in [4.78, 5) is 0. The number of rotatable bonds is 5. The Bertz CT molecular complexity index is 451. The van der Waals surface area contributed by atoms with E-state index in [4.69, 9.17) is 5.11 Å². The Morgan fingerprint density at radius 3 is 2.68 bits per heavy atom. The minimum atomic E-state index is 0.0818. The van der Waals surface area contributed by atoms with Gasteiger partial charge in [0.05, 0.1) is 6.61 Å². The molecule has 0 amide bonds. The summed E-state index contributed by atoms with van der Waals surface area (Å²) >= 11 is 0. The SMILES string of the molecule is CC1=CC[C@H]2[C@](C)(CO)CCC[C@]2(C)[C@@H]1CC/C(C)=C/CO. The van der Waals surface area contributed by atoms with Crippen LogP contribution in [0.1, 0.15) is 66.2 Å². The molecule has 4 atom stereocenters. The standard InChI is InChI=1S/C20H34O2/c1-15(10-13-21)6-8-17-16(2)7-9-18-19(3,14-22)11-5-12-20(17,18)4/h7,10,17-18,21-22H,5-6,8-9,11-14H2,1-4H3/b15-10+/t17-,18+,19+,20-/m1/s1. The van der Waals surface area contributed by atoms with Gasteiger partial charge in [-0.25, -0.2) is 0 Å². The lowest BCUT2D eigenvalue weighted by Crippen LogP contribution is -2.50. The fraction of sp³-hybridized carbons (Fsp3) is 0.800. The zero-order chi connectivity index (χ0) is 16.4. The maximum atomic E-state index is 9.99. The van der Waals surface area contributed by atoms with E-state index in [0.29, 0.717) is 23.9 Å². The highest BCUT2D eigenvalue weighted by atomic mass is 16.3. The van der Waals surface area contributed by atoms with E-state index in [1.165, 1.54) is 30.4 Å². The lowest BCUT2D eigenvalue weighted by Gasteiger charge is -2.57. The van der Waals surface area contributed by atoms with Crippen molar-refractivity contribution in [3.8, 4) is 0 Å². The van der Waals surface area contributed by atoms with Crippen LogP contribution in [0.2, 0.25) is 0 Å². The molecule has 2 N–H and O–H groups in total. The molecule has 0 aromatic heterocycles. The van der Waals surface area contributed by atoms with E-state index in [9.17, 15) is 5.11 Å². The largest absolute Gasteiger partial charge is 0.396 e. The highest BCUT2D eigenvalue weighted by Gasteiger charge is 2.52. The smallest absolute Gasteiger partial charge is 0.0614 e. The minimum absolute atomic E-state index is 0.0818. The molecule has 0 radical (unpaired) electrons. The van der Waals surface area contributed by atoms with E-state index < -0.39 is 0 Å². The van der Waals surface area contributed by atoms with Crippen LogP contribution in [0.3, 0.4) is 0 Å². The first-order valence-corrected chi connectivity index (χ1v) is 8.91. The summed E-state index contributed by atoms with van der Waals surface area (Å²) in [5, 5.41) is 19.0. The summed E-state index contributed by atoms with van der Waals surface area (Å²) in [5.74, 6) is 1.20. The van der Waals surface area contributed by atoms with Crippen LogP contribution >= 0.6 is 0 Å². The third-order valence-electron chi connectivity index (χ3n) is 6.75. The van der Waals surface area contributed by atoms with Crippen molar-refractivity contribution in [2.24, 2.45) is 22.7 Å². The van der Waals surface area contributed by atoms with E-state index in [-0.39, 0.29) is 12.0 Å². The van der Waals surface area contributed by atoms with E-state index in [2.05, 4.69) is 33.8 Å².